The number of ether oxygens (including phenoxy) is 1. The van der Waals surface area contributed by atoms with Crippen LogP contribution in [-0.2, 0) is 9.53 Å². The number of amides is 1. The largest absolute Gasteiger partial charge is 0.378 e. The van der Waals surface area contributed by atoms with Gasteiger partial charge in [-0.2, -0.15) is 0 Å². The zero-order valence-corrected chi connectivity index (χ0v) is 8.24. The van der Waals surface area contributed by atoms with Gasteiger partial charge in [0.1, 0.15) is 6.04 Å². The van der Waals surface area contributed by atoms with Gasteiger partial charge in [0.15, 0.2) is 0 Å². The van der Waals surface area contributed by atoms with E-state index in [1.807, 2.05) is 4.90 Å². The lowest BCUT2D eigenvalue weighted by molar-refractivity contribution is -0.135. The Labute approximate surface area is 83.6 Å². The summed E-state index contributed by atoms with van der Waals surface area (Å²) in [5.41, 5.74) is 5.75. The number of nitrogens with zero attached hydrogens (tertiary/aromatic N) is 1. The van der Waals surface area contributed by atoms with Gasteiger partial charge in [-0.3, -0.25) is 4.79 Å². The molecule has 1 amide bonds. The maximum Gasteiger partial charge on any atom is 0.242 e. The van der Waals surface area contributed by atoms with E-state index in [1.165, 1.54) is 0 Å². The van der Waals surface area contributed by atoms with Crippen LogP contribution in [0.15, 0.2) is 0 Å². The first-order chi connectivity index (χ1) is 6.77. The molecule has 2 aliphatic rings. The number of morpholine rings is 1. The normalized spacial score (nSPS) is 33.4. The maximum absolute atomic E-state index is 11.9. The summed E-state index contributed by atoms with van der Waals surface area (Å²) in [5, 5.41) is 3.15. The molecule has 2 aliphatic heterocycles. The number of carbonyl (C=O) groups excluding carboxylic acids is 1. The molecule has 0 saturated carbocycles. The molecule has 0 aliphatic carbocycles. The SMILES string of the molecule is N[C@H]1CCN(C(=O)[C@H]2COCCN2)C1. The zero-order valence-electron chi connectivity index (χ0n) is 8.24. The third kappa shape index (κ3) is 2.05. The van der Waals surface area contributed by atoms with E-state index in [0.717, 1.165) is 19.5 Å². The maximum atomic E-state index is 11.9. The van der Waals surface area contributed by atoms with Crippen LogP contribution in [0.5, 0.6) is 0 Å². The van der Waals surface area contributed by atoms with Gasteiger partial charge in [0.25, 0.3) is 0 Å². The number of nitrogens with two attached hydrogens (primary N) is 1. The van der Waals surface area contributed by atoms with Crippen molar-refractivity contribution in [2.45, 2.75) is 18.5 Å². The van der Waals surface area contributed by atoms with Gasteiger partial charge in [0.05, 0.1) is 13.2 Å². The van der Waals surface area contributed by atoms with Crippen LogP contribution in [0.3, 0.4) is 0 Å². The molecular formula is C9H17N3O2. The first kappa shape index (κ1) is 9.89. The Morgan fingerprint density at radius 3 is 3.00 bits per heavy atom. The van der Waals surface area contributed by atoms with E-state index in [-0.39, 0.29) is 18.0 Å². The highest BCUT2D eigenvalue weighted by atomic mass is 16.5. The number of rotatable bonds is 1. The lowest BCUT2D eigenvalue weighted by Crippen LogP contribution is -2.52. The van der Waals surface area contributed by atoms with Crippen molar-refractivity contribution >= 4 is 5.91 Å². The molecule has 80 valence electrons. The summed E-state index contributed by atoms with van der Waals surface area (Å²) in [6, 6.07) is -0.00231. The molecule has 0 spiro atoms. The summed E-state index contributed by atoms with van der Waals surface area (Å²) in [6.07, 6.45) is 0.916. The molecule has 2 fully saturated rings. The molecule has 14 heavy (non-hydrogen) atoms. The quantitative estimate of drug-likeness (QED) is 0.541. The van der Waals surface area contributed by atoms with Gasteiger partial charge in [-0.25, -0.2) is 0 Å². The average molecular weight is 199 g/mol. The van der Waals surface area contributed by atoms with Crippen molar-refractivity contribution in [2.75, 3.05) is 32.8 Å². The molecule has 5 nitrogen and oxygen atoms in total. The number of hydrogen-bond acceptors (Lipinski definition) is 4. The molecule has 2 heterocycles. The molecule has 0 aromatic rings. The van der Waals surface area contributed by atoms with E-state index in [2.05, 4.69) is 5.32 Å². The van der Waals surface area contributed by atoms with E-state index in [4.69, 9.17) is 10.5 Å². The second kappa shape index (κ2) is 4.25. The van der Waals surface area contributed by atoms with Crippen molar-refractivity contribution in [3.05, 3.63) is 0 Å². The van der Waals surface area contributed by atoms with Gasteiger partial charge in [-0.1, -0.05) is 0 Å². The molecule has 2 atom stereocenters. The Balaban J connectivity index is 1.87. The first-order valence-electron chi connectivity index (χ1n) is 5.13. The molecule has 5 heteroatoms. The van der Waals surface area contributed by atoms with Crippen molar-refractivity contribution in [1.82, 2.24) is 10.2 Å². The summed E-state index contributed by atoms with van der Waals surface area (Å²) in [5.74, 6) is 0.137. The van der Waals surface area contributed by atoms with Gasteiger partial charge >= 0.3 is 0 Å². The minimum atomic E-state index is -0.158. The lowest BCUT2D eigenvalue weighted by Gasteiger charge is -2.27. The van der Waals surface area contributed by atoms with E-state index in [1.54, 1.807) is 0 Å². The summed E-state index contributed by atoms with van der Waals surface area (Å²) >= 11 is 0. The molecule has 2 rings (SSSR count). The molecule has 0 bridgehead atoms. The third-order valence-corrected chi connectivity index (χ3v) is 2.76. The van der Waals surface area contributed by atoms with Crippen LogP contribution < -0.4 is 11.1 Å². The molecular weight excluding hydrogens is 182 g/mol. The predicted molar refractivity (Wildman–Crippen MR) is 51.8 cm³/mol. The van der Waals surface area contributed by atoms with Gasteiger partial charge < -0.3 is 20.7 Å². The molecule has 3 N–H and O–H groups in total. The monoisotopic (exact) mass is 199 g/mol. The van der Waals surface area contributed by atoms with Crippen LogP contribution in [-0.4, -0.2) is 55.7 Å². The molecule has 2 saturated heterocycles. The standard InChI is InChI=1S/C9H17N3O2/c10-7-1-3-12(5-7)9(13)8-6-14-4-2-11-8/h7-8,11H,1-6,10H2/t7-,8+/m0/s1. The fourth-order valence-corrected chi connectivity index (χ4v) is 1.93. The Morgan fingerprint density at radius 1 is 1.57 bits per heavy atom. The number of likely N-dealkylation sites (tertiary alicyclic amines) is 1. The zero-order chi connectivity index (χ0) is 9.97. The summed E-state index contributed by atoms with van der Waals surface area (Å²) in [4.78, 5) is 13.7. The smallest absolute Gasteiger partial charge is 0.242 e. The van der Waals surface area contributed by atoms with Crippen molar-refractivity contribution in [3.63, 3.8) is 0 Å². The van der Waals surface area contributed by atoms with Crippen LogP contribution in [0.25, 0.3) is 0 Å². The van der Waals surface area contributed by atoms with Gasteiger partial charge in [0.2, 0.25) is 5.91 Å². The Bertz CT molecular complexity index is 209. The number of nitrogens with one attached hydrogen (secondary N) is 1. The number of hydrogen-bond donors (Lipinski definition) is 2. The van der Waals surface area contributed by atoms with Crippen LogP contribution >= 0.6 is 0 Å². The molecule has 0 unspecified atom stereocenters. The Morgan fingerprint density at radius 2 is 2.43 bits per heavy atom. The number of carbonyl (C=O) groups is 1. The van der Waals surface area contributed by atoms with E-state index in [9.17, 15) is 4.79 Å². The van der Waals surface area contributed by atoms with Crippen LogP contribution in [0.2, 0.25) is 0 Å². The van der Waals surface area contributed by atoms with E-state index < -0.39 is 0 Å². The Kier molecular flexibility index (Phi) is 3.00. The van der Waals surface area contributed by atoms with Crippen molar-refractivity contribution < 1.29 is 9.53 Å². The highest BCUT2D eigenvalue weighted by Crippen LogP contribution is 2.09. The predicted octanol–water partition coefficient (Wildman–Crippen LogP) is -1.47. The van der Waals surface area contributed by atoms with Crippen molar-refractivity contribution in [2.24, 2.45) is 5.73 Å². The second-order valence-electron chi connectivity index (χ2n) is 3.91. The summed E-state index contributed by atoms with van der Waals surface area (Å²) < 4.78 is 5.25. The molecule has 0 aromatic carbocycles. The molecule has 0 radical (unpaired) electrons. The van der Waals surface area contributed by atoms with Gasteiger partial charge in [-0.15, -0.1) is 0 Å². The van der Waals surface area contributed by atoms with Gasteiger partial charge in [0, 0.05) is 25.7 Å². The highest BCUT2D eigenvalue weighted by Gasteiger charge is 2.30. The van der Waals surface area contributed by atoms with Crippen LogP contribution in [0.4, 0.5) is 0 Å². The fourth-order valence-electron chi connectivity index (χ4n) is 1.93. The average Bonchev–Trinajstić information content (AvgIpc) is 2.65. The first-order valence-corrected chi connectivity index (χ1v) is 5.13. The minimum Gasteiger partial charge on any atom is -0.378 e. The third-order valence-electron chi connectivity index (χ3n) is 2.76. The fraction of sp³-hybridized carbons (Fsp3) is 0.889. The molecule has 0 aromatic heterocycles. The Hall–Kier alpha value is -0.650. The van der Waals surface area contributed by atoms with Crippen LogP contribution in [0, 0.1) is 0 Å². The minimum absolute atomic E-state index is 0.137. The van der Waals surface area contributed by atoms with Crippen LogP contribution in [0.1, 0.15) is 6.42 Å². The second-order valence-corrected chi connectivity index (χ2v) is 3.91. The van der Waals surface area contributed by atoms with Crippen molar-refractivity contribution in [3.8, 4) is 0 Å². The van der Waals surface area contributed by atoms with E-state index >= 15 is 0 Å². The van der Waals surface area contributed by atoms with E-state index in [0.29, 0.717) is 19.8 Å². The topological polar surface area (TPSA) is 67.6 Å². The van der Waals surface area contributed by atoms with Gasteiger partial charge in [-0.05, 0) is 6.42 Å². The highest BCUT2D eigenvalue weighted by molar-refractivity contribution is 5.82. The summed E-state index contributed by atoms with van der Waals surface area (Å²) in [6.45, 7) is 3.43. The summed E-state index contributed by atoms with van der Waals surface area (Å²) in [7, 11) is 0. The van der Waals surface area contributed by atoms with Crippen molar-refractivity contribution in [1.29, 1.82) is 0 Å². The lowest BCUT2D eigenvalue weighted by atomic mass is 10.2.